The lowest BCUT2D eigenvalue weighted by Gasteiger charge is -2.19. The summed E-state index contributed by atoms with van der Waals surface area (Å²) in [5.74, 6) is 1.40. The van der Waals surface area contributed by atoms with E-state index in [2.05, 4.69) is 20.8 Å². The minimum Gasteiger partial charge on any atom is -0.490 e. The third-order valence-corrected chi connectivity index (χ3v) is 4.57. The molecule has 0 saturated heterocycles. The molecule has 168 valence electrons. The number of ether oxygens (including phenoxy) is 4. The minimum atomic E-state index is -0.494. The first-order chi connectivity index (χ1) is 15.3. The lowest BCUT2D eigenvalue weighted by Crippen LogP contribution is -2.18. The molecular formula is C26H27FO5. The highest BCUT2D eigenvalue weighted by molar-refractivity contribution is 5.74. The van der Waals surface area contributed by atoms with Crippen LogP contribution in [0.1, 0.15) is 26.3 Å². The number of hydrogen-bond acceptors (Lipinski definition) is 5. The summed E-state index contributed by atoms with van der Waals surface area (Å²) in [4.78, 5) is 12.0. The molecule has 0 aliphatic rings. The van der Waals surface area contributed by atoms with Crippen LogP contribution in [0.4, 0.5) is 4.39 Å². The van der Waals surface area contributed by atoms with Gasteiger partial charge in [0.15, 0.2) is 6.61 Å². The van der Waals surface area contributed by atoms with E-state index in [1.54, 1.807) is 36.4 Å². The molecule has 0 saturated carbocycles. The summed E-state index contributed by atoms with van der Waals surface area (Å²) in [5.41, 5.74) is 1.25. The third kappa shape index (κ3) is 7.30. The second-order valence-corrected chi connectivity index (χ2v) is 8.16. The first-order valence-electron chi connectivity index (χ1n) is 10.3. The highest BCUT2D eigenvalue weighted by Crippen LogP contribution is 2.24. The Morgan fingerprint density at radius 1 is 0.688 bits per heavy atom. The van der Waals surface area contributed by atoms with Crippen molar-refractivity contribution < 1.29 is 28.1 Å². The summed E-state index contributed by atoms with van der Waals surface area (Å²) in [6, 6.07) is 20.2. The van der Waals surface area contributed by atoms with Crippen molar-refractivity contribution in [2.75, 3.05) is 19.8 Å². The van der Waals surface area contributed by atoms with Gasteiger partial charge in [0.25, 0.3) is 0 Å². The topological polar surface area (TPSA) is 54.0 Å². The van der Waals surface area contributed by atoms with Gasteiger partial charge in [-0.15, -0.1) is 0 Å². The first-order valence-corrected chi connectivity index (χ1v) is 10.3. The maximum absolute atomic E-state index is 12.9. The smallest absolute Gasteiger partial charge is 0.349 e. The molecule has 0 atom stereocenters. The average molecular weight is 438 g/mol. The molecule has 3 aromatic rings. The fraction of sp³-hybridized carbons (Fsp3) is 0.269. The molecule has 0 N–H and O–H groups in total. The Balaban J connectivity index is 1.38. The van der Waals surface area contributed by atoms with Crippen molar-refractivity contribution >= 4 is 5.97 Å². The number of rotatable bonds is 9. The van der Waals surface area contributed by atoms with E-state index < -0.39 is 5.97 Å². The Kier molecular flexibility index (Phi) is 7.71. The van der Waals surface area contributed by atoms with Crippen LogP contribution < -0.4 is 18.9 Å². The van der Waals surface area contributed by atoms with E-state index in [0.29, 0.717) is 36.2 Å². The highest BCUT2D eigenvalue weighted by Gasteiger charge is 2.13. The second kappa shape index (κ2) is 10.7. The monoisotopic (exact) mass is 438 g/mol. The van der Waals surface area contributed by atoms with Crippen LogP contribution in [-0.2, 0) is 10.2 Å². The Labute approximate surface area is 187 Å². The van der Waals surface area contributed by atoms with Gasteiger partial charge >= 0.3 is 5.97 Å². The molecule has 0 aromatic heterocycles. The lowest BCUT2D eigenvalue weighted by atomic mass is 9.87. The number of carbonyl (C=O) groups is 1. The first kappa shape index (κ1) is 23.1. The fourth-order valence-electron chi connectivity index (χ4n) is 2.81. The van der Waals surface area contributed by atoms with Crippen LogP contribution in [0.5, 0.6) is 23.0 Å². The van der Waals surface area contributed by atoms with Crippen LogP contribution in [-0.4, -0.2) is 25.8 Å². The summed E-state index contributed by atoms with van der Waals surface area (Å²) in [5, 5.41) is 0. The van der Waals surface area contributed by atoms with Gasteiger partial charge in [-0.25, -0.2) is 9.18 Å². The van der Waals surface area contributed by atoms with Crippen LogP contribution in [0.3, 0.4) is 0 Å². The van der Waals surface area contributed by atoms with E-state index in [-0.39, 0.29) is 17.8 Å². The molecule has 32 heavy (non-hydrogen) atoms. The number of esters is 1. The molecule has 0 fully saturated rings. The zero-order valence-corrected chi connectivity index (χ0v) is 18.5. The summed E-state index contributed by atoms with van der Waals surface area (Å²) in [7, 11) is 0. The van der Waals surface area contributed by atoms with Crippen LogP contribution in [0.15, 0.2) is 72.8 Å². The molecule has 3 aromatic carbocycles. The Morgan fingerprint density at radius 2 is 1.12 bits per heavy atom. The summed E-state index contributed by atoms with van der Waals surface area (Å²) >= 11 is 0. The van der Waals surface area contributed by atoms with Crippen molar-refractivity contribution in [2.24, 2.45) is 0 Å². The van der Waals surface area contributed by atoms with Gasteiger partial charge in [-0.2, -0.15) is 0 Å². The lowest BCUT2D eigenvalue weighted by molar-refractivity contribution is -0.136. The predicted molar refractivity (Wildman–Crippen MR) is 120 cm³/mol. The molecule has 3 rings (SSSR count). The van der Waals surface area contributed by atoms with E-state index >= 15 is 0 Å². The van der Waals surface area contributed by atoms with Crippen molar-refractivity contribution in [2.45, 2.75) is 26.2 Å². The molecule has 0 bridgehead atoms. The van der Waals surface area contributed by atoms with Crippen molar-refractivity contribution in [1.82, 2.24) is 0 Å². The fourth-order valence-corrected chi connectivity index (χ4v) is 2.81. The maximum Gasteiger partial charge on any atom is 0.349 e. The molecule has 5 nitrogen and oxygen atoms in total. The van der Waals surface area contributed by atoms with Crippen LogP contribution in [0.2, 0.25) is 0 Å². The molecular weight excluding hydrogens is 411 g/mol. The molecule has 0 heterocycles. The molecule has 0 aliphatic carbocycles. The van der Waals surface area contributed by atoms with Gasteiger partial charge in [-0.3, -0.25) is 0 Å². The van der Waals surface area contributed by atoms with Crippen molar-refractivity contribution in [1.29, 1.82) is 0 Å². The number of halogens is 1. The van der Waals surface area contributed by atoms with E-state index in [1.807, 2.05) is 24.3 Å². The summed E-state index contributed by atoms with van der Waals surface area (Å²) < 4.78 is 34.7. The Morgan fingerprint density at radius 3 is 1.66 bits per heavy atom. The summed E-state index contributed by atoms with van der Waals surface area (Å²) in [6.45, 7) is 6.86. The molecule has 0 unspecified atom stereocenters. The molecule has 0 amide bonds. The van der Waals surface area contributed by atoms with E-state index in [9.17, 15) is 9.18 Å². The van der Waals surface area contributed by atoms with Gasteiger partial charge in [0, 0.05) is 0 Å². The SMILES string of the molecule is CC(C)(C)c1ccc(OCC(=O)Oc2ccc(OCCOc3ccc(F)cc3)cc2)cc1. The number of hydrogen-bond donors (Lipinski definition) is 0. The van der Waals surface area contributed by atoms with Crippen molar-refractivity contribution in [3.05, 3.63) is 84.2 Å². The standard InChI is InChI=1S/C26H27FO5/c1-26(2,3)19-4-8-23(9-5-19)31-18-25(28)32-24-14-12-22(13-15-24)30-17-16-29-21-10-6-20(27)7-11-21/h4-15H,16-18H2,1-3H3. The van der Waals surface area contributed by atoms with E-state index in [0.717, 1.165) is 0 Å². The highest BCUT2D eigenvalue weighted by atomic mass is 19.1. The maximum atomic E-state index is 12.9. The number of carbonyl (C=O) groups excluding carboxylic acids is 1. The van der Waals surface area contributed by atoms with Gasteiger partial charge in [0.1, 0.15) is 42.0 Å². The van der Waals surface area contributed by atoms with Crippen molar-refractivity contribution in [3.63, 3.8) is 0 Å². The molecule has 0 spiro atoms. The Hall–Kier alpha value is -3.54. The van der Waals surface area contributed by atoms with Gasteiger partial charge in [-0.1, -0.05) is 32.9 Å². The third-order valence-electron chi connectivity index (χ3n) is 4.57. The largest absolute Gasteiger partial charge is 0.490 e. The molecule has 0 radical (unpaired) electrons. The zero-order valence-electron chi connectivity index (χ0n) is 18.5. The van der Waals surface area contributed by atoms with Gasteiger partial charge in [0.05, 0.1) is 0 Å². The Bertz CT molecular complexity index is 990. The molecule has 0 aliphatic heterocycles. The quantitative estimate of drug-likeness (QED) is 0.249. The molecule has 6 heteroatoms. The predicted octanol–water partition coefficient (Wildman–Crippen LogP) is 5.57. The van der Waals surface area contributed by atoms with Crippen LogP contribution in [0, 0.1) is 5.82 Å². The second-order valence-electron chi connectivity index (χ2n) is 8.16. The van der Waals surface area contributed by atoms with Crippen LogP contribution >= 0.6 is 0 Å². The zero-order chi connectivity index (χ0) is 23.0. The minimum absolute atomic E-state index is 0.0585. The van der Waals surface area contributed by atoms with Crippen molar-refractivity contribution in [3.8, 4) is 23.0 Å². The van der Waals surface area contributed by atoms with E-state index in [1.165, 1.54) is 17.7 Å². The van der Waals surface area contributed by atoms with Gasteiger partial charge in [-0.05, 0) is 71.6 Å². The normalized spacial score (nSPS) is 11.0. The summed E-state index contributed by atoms with van der Waals surface area (Å²) in [6.07, 6.45) is 0. The van der Waals surface area contributed by atoms with Crippen LogP contribution in [0.25, 0.3) is 0 Å². The van der Waals surface area contributed by atoms with Gasteiger partial charge < -0.3 is 18.9 Å². The van der Waals surface area contributed by atoms with E-state index in [4.69, 9.17) is 18.9 Å². The average Bonchev–Trinajstić information content (AvgIpc) is 2.77. The van der Waals surface area contributed by atoms with Gasteiger partial charge in [0.2, 0.25) is 0 Å². The number of benzene rings is 3.